The SMILES string of the molecule is COc1cncc(-c2cc(N3CCOCC3)nc(-c3cnc(N)nc3)n2)c1.COc1cncc(-c2cc(N3CCOCC3)nc(-c3cnc(N)nc3C(F)(F)F)n2)c1.COc1cncc(-c2cc(N3CCOCC3)nc(-c3cnc(N)nc3N)n2)c1. The highest BCUT2D eigenvalue weighted by Gasteiger charge is 2.38. The number of nitrogens with two attached hydrogens (primary N) is 4. The Hall–Kier alpha value is -10.4. The fourth-order valence-electron chi connectivity index (χ4n) is 8.80. The molecular weight excluding hydrogens is 1120 g/mol. The smallest absolute Gasteiger partial charge is 0.434 e. The lowest BCUT2D eigenvalue weighted by molar-refractivity contribution is -0.140. The normalized spacial score (nSPS) is 14.3. The van der Waals surface area contributed by atoms with Gasteiger partial charge in [0.25, 0.3) is 0 Å². The predicted octanol–water partition coefficient (Wildman–Crippen LogP) is 4.87. The van der Waals surface area contributed by atoms with Crippen LogP contribution in [0.3, 0.4) is 0 Å². The van der Waals surface area contributed by atoms with Crippen LogP contribution in [0, 0.1) is 0 Å². The first kappa shape index (κ1) is 58.8. The van der Waals surface area contributed by atoms with Gasteiger partial charge in [-0.1, -0.05) is 0 Å². The van der Waals surface area contributed by atoms with E-state index in [-0.39, 0.29) is 29.1 Å². The molecule has 0 saturated carbocycles. The minimum absolute atomic E-state index is 0.0998. The van der Waals surface area contributed by atoms with E-state index in [4.69, 9.17) is 61.3 Å². The third-order valence-corrected chi connectivity index (χ3v) is 13.2. The Kier molecular flexibility index (Phi) is 18.4. The van der Waals surface area contributed by atoms with Crippen molar-refractivity contribution in [2.75, 3.05) is 138 Å². The van der Waals surface area contributed by atoms with Crippen LogP contribution in [-0.4, -0.2) is 175 Å². The number of hydrogen-bond acceptors (Lipinski definition) is 28. The Morgan fingerprint density at radius 2 is 0.756 bits per heavy atom. The van der Waals surface area contributed by atoms with Crippen molar-refractivity contribution in [3.8, 4) is 85.2 Å². The van der Waals surface area contributed by atoms with E-state index in [0.717, 1.165) is 60.8 Å². The predicted molar refractivity (Wildman–Crippen MR) is 310 cm³/mol. The topological polar surface area (TPSA) is 363 Å². The van der Waals surface area contributed by atoms with Crippen LogP contribution >= 0.6 is 0 Å². The third kappa shape index (κ3) is 14.5. The maximum Gasteiger partial charge on any atom is 0.434 e. The van der Waals surface area contributed by atoms with Crippen LogP contribution in [0.2, 0.25) is 0 Å². The third-order valence-electron chi connectivity index (χ3n) is 13.2. The maximum atomic E-state index is 13.6. The van der Waals surface area contributed by atoms with Gasteiger partial charge in [-0.05, 0) is 18.2 Å². The number of pyridine rings is 3. The molecule has 444 valence electrons. The number of rotatable bonds is 12. The average molecular weight is 1180 g/mol. The summed E-state index contributed by atoms with van der Waals surface area (Å²) in [7, 11) is 4.70. The summed E-state index contributed by atoms with van der Waals surface area (Å²) in [4.78, 5) is 69.5. The molecular formula is C55H57F3N22O6. The van der Waals surface area contributed by atoms with Gasteiger partial charge in [-0.25, -0.2) is 54.8 Å². The number of nitrogens with zero attached hydrogens (tertiary/aromatic N) is 18. The van der Waals surface area contributed by atoms with Crippen molar-refractivity contribution in [2.24, 2.45) is 0 Å². The molecule has 0 amide bonds. The lowest BCUT2D eigenvalue weighted by Gasteiger charge is -2.28. The molecule has 3 aliphatic rings. The number of morpholine rings is 3. The molecule has 0 aromatic carbocycles. The summed E-state index contributed by atoms with van der Waals surface area (Å²) in [5.74, 6) is 4.64. The molecule has 12 heterocycles. The molecule has 3 fully saturated rings. The molecule has 0 aliphatic carbocycles. The van der Waals surface area contributed by atoms with Crippen LogP contribution < -0.4 is 51.8 Å². The minimum Gasteiger partial charge on any atom is -0.495 e. The van der Waals surface area contributed by atoms with Crippen LogP contribution in [0.25, 0.3) is 67.9 Å². The van der Waals surface area contributed by atoms with E-state index in [2.05, 4.69) is 74.6 Å². The number of alkyl halides is 3. The molecule has 9 aromatic heterocycles. The van der Waals surface area contributed by atoms with Gasteiger partial charge in [0.1, 0.15) is 40.5 Å². The Bertz CT molecular complexity index is 3780. The monoisotopic (exact) mass is 1180 g/mol. The molecule has 0 spiro atoms. The summed E-state index contributed by atoms with van der Waals surface area (Å²) < 4.78 is 72.9. The first-order valence-corrected chi connectivity index (χ1v) is 26.5. The van der Waals surface area contributed by atoms with Gasteiger partial charge in [0.05, 0.1) is 113 Å². The fourth-order valence-corrected chi connectivity index (χ4v) is 8.80. The Labute approximate surface area is 489 Å². The van der Waals surface area contributed by atoms with Crippen molar-refractivity contribution < 1.29 is 41.6 Å². The summed E-state index contributed by atoms with van der Waals surface area (Å²) in [6.45, 7) is 7.66. The molecule has 3 saturated heterocycles. The van der Waals surface area contributed by atoms with E-state index in [1.807, 2.05) is 29.2 Å². The van der Waals surface area contributed by atoms with Gasteiger partial charge in [-0.15, -0.1) is 0 Å². The zero-order valence-electron chi connectivity index (χ0n) is 46.7. The number of halogens is 3. The van der Waals surface area contributed by atoms with Crippen molar-refractivity contribution in [2.45, 2.75) is 6.18 Å². The summed E-state index contributed by atoms with van der Waals surface area (Å²) in [5.41, 5.74) is 26.3. The highest BCUT2D eigenvalue weighted by Crippen LogP contribution is 2.37. The molecule has 31 heteroatoms. The number of aromatic nitrogens is 15. The van der Waals surface area contributed by atoms with E-state index in [9.17, 15) is 13.2 Å². The van der Waals surface area contributed by atoms with Gasteiger partial charge in [-0.3, -0.25) is 15.0 Å². The molecule has 3 aliphatic heterocycles. The highest BCUT2D eigenvalue weighted by atomic mass is 19.4. The van der Waals surface area contributed by atoms with Crippen LogP contribution in [0.15, 0.2) is 98.4 Å². The van der Waals surface area contributed by atoms with E-state index < -0.39 is 17.8 Å². The van der Waals surface area contributed by atoms with Crippen molar-refractivity contribution in [1.82, 2.24) is 74.8 Å². The Balaban J connectivity index is 0.000000143. The number of hydrogen-bond donors (Lipinski definition) is 4. The number of methoxy groups -OCH3 is 3. The molecule has 86 heavy (non-hydrogen) atoms. The Morgan fingerprint density at radius 3 is 1.15 bits per heavy atom. The molecule has 0 bridgehead atoms. The maximum absolute atomic E-state index is 13.6. The molecule has 28 nitrogen and oxygen atoms in total. The van der Waals surface area contributed by atoms with Gasteiger partial charge < -0.3 is 66.1 Å². The quantitative estimate of drug-likeness (QED) is 0.127. The molecule has 0 atom stereocenters. The summed E-state index contributed by atoms with van der Waals surface area (Å²) in [6.07, 6.45) is 10.8. The molecule has 0 unspecified atom stereocenters. The molecule has 0 radical (unpaired) electrons. The lowest BCUT2D eigenvalue weighted by atomic mass is 10.1. The first-order chi connectivity index (χ1) is 41.7. The van der Waals surface area contributed by atoms with Crippen molar-refractivity contribution in [3.63, 3.8) is 0 Å². The largest absolute Gasteiger partial charge is 0.495 e. The zero-order chi connectivity index (χ0) is 60.2. The molecule has 12 rings (SSSR count). The van der Waals surface area contributed by atoms with E-state index in [1.54, 1.807) is 69.7 Å². The zero-order valence-corrected chi connectivity index (χ0v) is 46.7. The van der Waals surface area contributed by atoms with E-state index in [1.165, 1.54) is 19.5 Å². The summed E-state index contributed by atoms with van der Waals surface area (Å²) in [6, 6.07) is 11.0. The second kappa shape index (κ2) is 26.9. The lowest BCUT2D eigenvalue weighted by Crippen LogP contribution is -2.36. The minimum atomic E-state index is -4.76. The van der Waals surface area contributed by atoms with Gasteiger partial charge >= 0.3 is 6.18 Å². The molecule has 8 N–H and O–H groups in total. The van der Waals surface area contributed by atoms with Crippen LogP contribution in [0.4, 0.5) is 54.3 Å². The van der Waals surface area contributed by atoms with Crippen LogP contribution in [-0.2, 0) is 20.4 Å². The number of anilines is 7. The molecule has 9 aromatic rings. The van der Waals surface area contributed by atoms with Crippen molar-refractivity contribution in [1.29, 1.82) is 0 Å². The highest BCUT2D eigenvalue weighted by molar-refractivity contribution is 5.74. The van der Waals surface area contributed by atoms with Crippen molar-refractivity contribution >= 4 is 41.1 Å². The van der Waals surface area contributed by atoms with Gasteiger partial charge in [0, 0.05) is 118 Å². The standard InChI is InChI=1S/C19H18F3N7O2.C18H20N8O2.C18H19N7O2/c1-30-12-6-11(8-24-9-12)14-7-15(29-2-4-31-5-3-29)27-17(26-14)13-10-25-18(23)28-16(13)19(20,21)22;1-27-12-6-11(8-21-9-12)14-7-15(26-2-4-28-5-3-26)24-17(23-14)13-10-22-18(20)25-16(13)19;1-26-14-6-12(8-20-11-14)15-7-16(25-2-4-27-5-3-25)24-17(23-15)13-9-21-18(19)22-10-13/h6-10H,2-5H2,1H3,(H2,23,25,28);6-10H,2-5H2,1H3,(H4,19,20,22,25);6-11H,2-5H2,1H3,(H2,19,21,22). The van der Waals surface area contributed by atoms with E-state index in [0.29, 0.717) is 116 Å². The van der Waals surface area contributed by atoms with Gasteiger partial charge in [0.15, 0.2) is 23.2 Å². The fraction of sp³-hybridized carbons (Fsp3) is 0.291. The summed E-state index contributed by atoms with van der Waals surface area (Å²) >= 11 is 0. The van der Waals surface area contributed by atoms with Crippen LogP contribution in [0.1, 0.15) is 5.69 Å². The first-order valence-electron chi connectivity index (χ1n) is 26.5. The van der Waals surface area contributed by atoms with Gasteiger partial charge in [0.2, 0.25) is 17.8 Å². The number of nitrogen functional groups attached to an aromatic ring is 4. The van der Waals surface area contributed by atoms with Gasteiger partial charge in [-0.2, -0.15) is 18.2 Å². The summed E-state index contributed by atoms with van der Waals surface area (Å²) in [5, 5.41) is 0. The van der Waals surface area contributed by atoms with Crippen molar-refractivity contribution in [3.05, 3.63) is 104 Å². The second-order valence-electron chi connectivity index (χ2n) is 18.8. The van der Waals surface area contributed by atoms with Crippen LogP contribution in [0.5, 0.6) is 17.2 Å². The Morgan fingerprint density at radius 1 is 0.395 bits per heavy atom. The average Bonchev–Trinajstić information content (AvgIpc) is 2.44. The number of ether oxygens (including phenoxy) is 6. The van der Waals surface area contributed by atoms with E-state index >= 15 is 0 Å². The second-order valence-corrected chi connectivity index (χ2v) is 18.8.